The third-order valence-electron chi connectivity index (χ3n) is 11.0. The van der Waals surface area contributed by atoms with Gasteiger partial charge in [0, 0.05) is 24.3 Å². The maximum Gasteiger partial charge on any atom is 0.338 e. The van der Waals surface area contributed by atoms with E-state index in [0.29, 0.717) is 19.4 Å². The molecule has 11 atom stereocenters. The molecule has 0 radical (unpaired) electrons. The number of allylic oxidation sites excluding steroid dienone is 3. The largest absolute Gasteiger partial charge is 0.463 e. The highest BCUT2D eigenvalue weighted by atomic mass is 16.7. The summed E-state index contributed by atoms with van der Waals surface area (Å²) in [6.07, 6.45) is 5.66. The van der Waals surface area contributed by atoms with E-state index in [1.165, 1.54) is 36.8 Å². The molecule has 212 valence electrons. The van der Waals surface area contributed by atoms with Crippen molar-refractivity contribution in [2.75, 3.05) is 19.8 Å². The first kappa shape index (κ1) is 25.9. The molecule has 0 aromatic heterocycles. The minimum atomic E-state index is -1.53. The molecule has 3 spiro atoms. The summed E-state index contributed by atoms with van der Waals surface area (Å²) in [6, 6.07) is 0. The van der Waals surface area contributed by atoms with Crippen LogP contribution >= 0.6 is 0 Å². The van der Waals surface area contributed by atoms with Crippen LogP contribution in [0.15, 0.2) is 36.0 Å². The van der Waals surface area contributed by atoms with Crippen molar-refractivity contribution >= 4 is 11.9 Å². The van der Waals surface area contributed by atoms with E-state index in [1.54, 1.807) is 0 Å². The van der Waals surface area contributed by atoms with E-state index < -0.39 is 64.0 Å². The van der Waals surface area contributed by atoms with Gasteiger partial charge in [-0.05, 0) is 32.8 Å². The zero-order chi connectivity index (χ0) is 27.4. The van der Waals surface area contributed by atoms with Gasteiger partial charge in [-0.1, -0.05) is 30.7 Å². The van der Waals surface area contributed by atoms with Crippen molar-refractivity contribution in [3.8, 4) is 0 Å². The molecule has 10 heteroatoms. The number of aliphatic hydroxyl groups is 2. The van der Waals surface area contributed by atoms with Crippen molar-refractivity contribution in [2.24, 2.45) is 10.8 Å². The Morgan fingerprint density at radius 1 is 1.10 bits per heavy atom. The van der Waals surface area contributed by atoms with E-state index in [0.717, 1.165) is 6.42 Å². The second-order valence-corrected chi connectivity index (χ2v) is 12.6. The van der Waals surface area contributed by atoms with Gasteiger partial charge in [0.15, 0.2) is 6.10 Å². The molecule has 11 unspecified atom stereocenters. The summed E-state index contributed by atoms with van der Waals surface area (Å²) in [4.78, 5) is 26.6. The molecule has 0 aromatic carbocycles. The van der Waals surface area contributed by atoms with Gasteiger partial charge < -0.3 is 38.6 Å². The third-order valence-corrected chi connectivity index (χ3v) is 11.0. The summed E-state index contributed by atoms with van der Waals surface area (Å²) in [5.41, 5.74) is -3.53. The Morgan fingerprint density at radius 3 is 2.64 bits per heavy atom. The minimum Gasteiger partial charge on any atom is -0.463 e. The molecular weight excluding hydrogens is 508 g/mol. The van der Waals surface area contributed by atoms with Gasteiger partial charge in [-0.25, -0.2) is 9.59 Å². The average molecular weight is 545 g/mol. The average Bonchev–Trinajstić information content (AvgIpc) is 3.81. The number of carbonyl (C=O) groups excluding carboxylic acids is 2. The van der Waals surface area contributed by atoms with Gasteiger partial charge in [-0.3, -0.25) is 0 Å². The number of ether oxygens (including phenoxy) is 6. The molecule has 5 heterocycles. The molecular formula is C29H36O10. The fourth-order valence-electron chi connectivity index (χ4n) is 8.37. The summed E-state index contributed by atoms with van der Waals surface area (Å²) < 4.78 is 36.7. The molecule has 5 aliphatic heterocycles. The Labute approximate surface area is 226 Å². The Bertz CT molecular complexity index is 1190. The van der Waals surface area contributed by atoms with Gasteiger partial charge in [-0.2, -0.15) is 0 Å². The fourth-order valence-corrected chi connectivity index (χ4v) is 8.37. The van der Waals surface area contributed by atoms with Crippen LogP contribution in [0.4, 0.5) is 0 Å². The predicted molar refractivity (Wildman–Crippen MR) is 133 cm³/mol. The van der Waals surface area contributed by atoms with Crippen molar-refractivity contribution < 1.29 is 48.2 Å². The zero-order valence-electron chi connectivity index (χ0n) is 22.5. The Morgan fingerprint density at radius 2 is 1.90 bits per heavy atom. The lowest BCUT2D eigenvalue weighted by atomic mass is 9.51. The number of aliphatic hydroxyl groups excluding tert-OH is 2. The summed E-state index contributed by atoms with van der Waals surface area (Å²) in [6.45, 7) is 6.35. The van der Waals surface area contributed by atoms with Gasteiger partial charge in [0.2, 0.25) is 0 Å². The number of carbonyl (C=O) groups is 2. The number of esters is 2. The molecule has 0 amide bonds. The maximum absolute atomic E-state index is 13.5. The van der Waals surface area contributed by atoms with E-state index in [4.69, 9.17) is 28.4 Å². The third kappa shape index (κ3) is 3.18. The standard InChI is InChI=1S/C29H36O10/c1-16-7-9-26-14-34-23(32)22-28(39-22)10-11-35-27(17(2)30,24(28)33)8-5-4-6-21(31)38-18-13-20(37-19(26)12-16)29(15-36-29)25(18,26)3/h4-6,8,12,17-20,22,24,30,33H,7,9-11,13-15H2,1-3H3. The number of hydrogen-bond donors (Lipinski definition) is 2. The topological polar surface area (TPSA) is 137 Å². The predicted octanol–water partition coefficient (Wildman–Crippen LogP) is 1.28. The highest BCUT2D eigenvalue weighted by Gasteiger charge is 2.83. The lowest BCUT2D eigenvalue weighted by Gasteiger charge is -2.58. The molecule has 0 aromatic rings. The summed E-state index contributed by atoms with van der Waals surface area (Å²) in [5.74, 6) is -1.10. The lowest BCUT2D eigenvalue weighted by Crippen LogP contribution is -2.67. The maximum atomic E-state index is 13.5. The quantitative estimate of drug-likeness (QED) is 0.282. The van der Waals surface area contributed by atoms with E-state index in [-0.39, 0.29) is 31.8 Å². The Kier molecular flexibility index (Phi) is 5.46. The number of fused-ring (bicyclic) bond motifs is 1. The van der Waals surface area contributed by atoms with Crippen molar-refractivity contribution in [1.82, 2.24) is 0 Å². The van der Waals surface area contributed by atoms with Gasteiger partial charge in [0.05, 0.1) is 36.9 Å². The fraction of sp³-hybridized carbons (Fsp3) is 0.724. The molecule has 7 rings (SSSR count). The number of rotatable bonds is 1. The molecule has 39 heavy (non-hydrogen) atoms. The summed E-state index contributed by atoms with van der Waals surface area (Å²) in [7, 11) is 0. The molecule has 4 bridgehead atoms. The van der Waals surface area contributed by atoms with Gasteiger partial charge in [0.1, 0.15) is 35.6 Å². The summed E-state index contributed by atoms with van der Waals surface area (Å²) >= 11 is 0. The highest BCUT2D eigenvalue weighted by molar-refractivity contribution is 5.82. The Hall–Kier alpha value is -2.08. The van der Waals surface area contributed by atoms with Crippen LogP contribution in [0, 0.1) is 10.8 Å². The van der Waals surface area contributed by atoms with Gasteiger partial charge in [0.25, 0.3) is 0 Å². The molecule has 2 N–H and O–H groups in total. The summed E-state index contributed by atoms with van der Waals surface area (Å²) in [5, 5.41) is 22.1. The molecule has 2 aliphatic carbocycles. The van der Waals surface area contributed by atoms with E-state index >= 15 is 0 Å². The van der Waals surface area contributed by atoms with Crippen molar-refractivity contribution in [1.29, 1.82) is 0 Å². The van der Waals surface area contributed by atoms with Gasteiger partial charge >= 0.3 is 11.9 Å². The van der Waals surface area contributed by atoms with Crippen LogP contribution in [0.3, 0.4) is 0 Å². The first-order valence-corrected chi connectivity index (χ1v) is 13.9. The van der Waals surface area contributed by atoms with Crippen molar-refractivity contribution in [2.45, 2.75) is 99.9 Å². The SMILES string of the molecule is CC1=CC2OC3CC4OC(=O)C=CC=CC5(C(C)O)OCCC6(OC6C(=O)OCC2(CC1)C4(C)C31CO1)C5O. The number of epoxide rings is 2. The van der Waals surface area contributed by atoms with Gasteiger partial charge in [-0.15, -0.1) is 0 Å². The minimum absolute atomic E-state index is 0.0302. The first-order valence-electron chi connectivity index (χ1n) is 13.9. The highest BCUT2D eigenvalue weighted by Crippen LogP contribution is 2.72. The monoisotopic (exact) mass is 544 g/mol. The molecule has 4 saturated heterocycles. The van der Waals surface area contributed by atoms with Crippen LogP contribution in [0.1, 0.15) is 46.5 Å². The van der Waals surface area contributed by atoms with Crippen LogP contribution in [0.5, 0.6) is 0 Å². The Balaban J connectivity index is 1.31. The number of cyclic esters (lactones) is 1. The van der Waals surface area contributed by atoms with Crippen LogP contribution in [-0.4, -0.2) is 95.4 Å². The molecule has 1 saturated carbocycles. The van der Waals surface area contributed by atoms with E-state index in [2.05, 4.69) is 19.9 Å². The van der Waals surface area contributed by atoms with Crippen molar-refractivity contribution in [3.05, 3.63) is 36.0 Å². The molecule has 10 nitrogen and oxygen atoms in total. The smallest absolute Gasteiger partial charge is 0.338 e. The van der Waals surface area contributed by atoms with E-state index in [1.807, 2.05) is 0 Å². The lowest BCUT2D eigenvalue weighted by molar-refractivity contribution is -0.233. The molecule has 5 fully saturated rings. The second kappa shape index (κ2) is 8.24. The first-order chi connectivity index (χ1) is 18.5. The van der Waals surface area contributed by atoms with Crippen LogP contribution < -0.4 is 0 Å². The normalized spacial score (nSPS) is 52.7. The zero-order valence-corrected chi connectivity index (χ0v) is 22.5. The molecule has 7 aliphatic rings. The van der Waals surface area contributed by atoms with E-state index in [9.17, 15) is 19.8 Å². The van der Waals surface area contributed by atoms with Crippen molar-refractivity contribution in [3.63, 3.8) is 0 Å². The number of hydrogen-bond acceptors (Lipinski definition) is 10. The van der Waals surface area contributed by atoms with Crippen LogP contribution in [0.25, 0.3) is 0 Å². The second-order valence-electron chi connectivity index (χ2n) is 12.6. The van der Waals surface area contributed by atoms with Crippen LogP contribution in [-0.2, 0) is 38.0 Å². The van der Waals surface area contributed by atoms with Crippen LogP contribution in [0.2, 0.25) is 0 Å².